The summed E-state index contributed by atoms with van der Waals surface area (Å²) in [5, 5.41) is 3.61. The molecule has 0 radical (unpaired) electrons. The molecule has 1 saturated carbocycles. The maximum Gasteiger partial charge on any atom is 0.231 e. The van der Waals surface area contributed by atoms with Crippen LogP contribution in [0.4, 0.5) is 11.9 Å². The zero-order valence-electron chi connectivity index (χ0n) is 11.7. The molecule has 2 atom stereocenters. The van der Waals surface area contributed by atoms with Crippen LogP contribution in [0.5, 0.6) is 0 Å². The van der Waals surface area contributed by atoms with Crippen LogP contribution >= 0.6 is 11.6 Å². The van der Waals surface area contributed by atoms with Crippen LogP contribution < -0.4 is 10.2 Å². The molecule has 2 fully saturated rings. The zero-order chi connectivity index (χ0) is 13.9. The first-order chi connectivity index (χ1) is 9.76. The van der Waals surface area contributed by atoms with Gasteiger partial charge in [-0.25, -0.2) is 0 Å². The normalized spacial score (nSPS) is 25.6. The Morgan fingerprint density at radius 3 is 2.85 bits per heavy atom. The molecule has 0 aromatic carbocycles. The molecular weight excluding hydrogens is 278 g/mol. The second-order valence-electron chi connectivity index (χ2n) is 5.36. The number of morpholine rings is 1. The topological polar surface area (TPSA) is 63.2 Å². The van der Waals surface area contributed by atoms with E-state index < -0.39 is 0 Å². The molecule has 6 nitrogen and oxygen atoms in total. The van der Waals surface area contributed by atoms with E-state index in [-0.39, 0.29) is 5.28 Å². The molecular formula is C13H20ClN5O. The molecule has 0 bridgehead atoms. The van der Waals surface area contributed by atoms with Crippen LogP contribution in [0.25, 0.3) is 0 Å². The molecule has 1 N–H and O–H groups in total. The van der Waals surface area contributed by atoms with Gasteiger partial charge in [-0.2, -0.15) is 15.0 Å². The summed E-state index contributed by atoms with van der Waals surface area (Å²) < 4.78 is 5.34. The Morgan fingerprint density at radius 2 is 2.10 bits per heavy atom. The summed E-state index contributed by atoms with van der Waals surface area (Å²) in [6, 6.07) is 0.492. The van der Waals surface area contributed by atoms with Crippen LogP contribution in [-0.4, -0.2) is 47.3 Å². The Morgan fingerprint density at radius 1 is 1.30 bits per heavy atom. The van der Waals surface area contributed by atoms with E-state index >= 15 is 0 Å². The average Bonchev–Trinajstić information content (AvgIpc) is 3.17. The number of rotatable bonds is 5. The lowest BCUT2D eigenvalue weighted by Gasteiger charge is -2.26. The van der Waals surface area contributed by atoms with Gasteiger partial charge in [0, 0.05) is 19.1 Å². The third kappa shape index (κ3) is 3.30. The van der Waals surface area contributed by atoms with Crippen LogP contribution in [0.1, 0.15) is 26.2 Å². The van der Waals surface area contributed by atoms with Crippen molar-refractivity contribution in [2.75, 3.05) is 36.5 Å². The van der Waals surface area contributed by atoms with Crippen molar-refractivity contribution in [1.29, 1.82) is 0 Å². The summed E-state index contributed by atoms with van der Waals surface area (Å²) in [5.74, 6) is 1.99. The maximum atomic E-state index is 6.01. The minimum absolute atomic E-state index is 0.247. The number of halogens is 1. The molecule has 2 heterocycles. The average molecular weight is 298 g/mol. The summed E-state index contributed by atoms with van der Waals surface area (Å²) in [6.45, 7) is 5.20. The Kier molecular flexibility index (Phi) is 4.21. The lowest BCUT2D eigenvalue weighted by Crippen LogP contribution is -2.37. The highest BCUT2D eigenvalue weighted by Crippen LogP contribution is 2.36. The van der Waals surface area contributed by atoms with Crippen LogP contribution in [0, 0.1) is 5.92 Å². The van der Waals surface area contributed by atoms with Crippen LogP contribution in [0.15, 0.2) is 0 Å². The Balaban J connectivity index is 1.67. The van der Waals surface area contributed by atoms with Gasteiger partial charge in [0.25, 0.3) is 0 Å². The van der Waals surface area contributed by atoms with Gasteiger partial charge in [0.15, 0.2) is 0 Å². The molecule has 2 unspecified atom stereocenters. The first-order valence-electron chi connectivity index (χ1n) is 7.27. The SMILES string of the molecule is CCCC1CC1Nc1nc(Cl)nc(N2CCOCC2)n1. The molecule has 7 heteroatoms. The molecule has 3 rings (SSSR count). The number of ether oxygens (including phenoxy) is 1. The highest BCUT2D eigenvalue weighted by molar-refractivity contribution is 6.28. The van der Waals surface area contributed by atoms with Crippen molar-refractivity contribution in [3.8, 4) is 0 Å². The Labute approximate surface area is 123 Å². The molecule has 20 heavy (non-hydrogen) atoms. The molecule has 1 aromatic rings. The predicted molar refractivity (Wildman–Crippen MR) is 78.3 cm³/mol. The highest BCUT2D eigenvalue weighted by atomic mass is 35.5. The van der Waals surface area contributed by atoms with Gasteiger partial charge in [0.2, 0.25) is 17.2 Å². The van der Waals surface area contributed by atoms with E-state index in [9.17, 15) is 0 Å². The molecule has 1 aliphatic carbocycles. The first kappa shape index (κ1) is 13.8. The largest absolute Gasteiger partial charge is 0.378 e. The lowest BCUT2D eigenvalue weighted by atomic mass is 10.2. The number of nitrogens with one attached hydrogen (secondary N) is 1. The Hall–Kier alpha value is -1.14. The van der Waals surface area contributed by atoms with E-state index in [1.807, 2.05) is 0 Å². The van der Waals surface area contributed by atoms with Gasteiger partial charge in [-0.05, 0) is 30.4 Å². The van der Waals surface area contributed by atoms with Crippen molar-refractivity contribution in [2.24, 2.45) is 5.92 Å². The molecule has 2 aliphatic rings. The standard InChI is InChI=1S/C13H20ClN5O/c1-2-3-9-8-10(9)15-12-16-11(14)17-13(18-12)19-4-6-20-7-5-19/h9-10H,2-8H2,1H3,(H,15,16,17,18). The number of aromatic nitrogens is 3. The van der Waals surface area contributed by atoms with E-state index in [1.54, 1.807) is 0 Å². The van der Waals surface area contributed by atoms with Gasteiger partial charge in [0.1, 0.15) is 0 Å². The van der Waals surface area contributed by atoms with Crippen molar-refractivity contribution in [1.82, 2.24) is 15.0 Å². The number of hydrogen-bond donors (Lipinski definition) is 1. The van der Waals surface area contributed by atoms with E-state index in [0.29, 0.717) is 31.2 Å². The van der Waals surface area contributed by atoms with Crippen molar-refractivity contribution in [3.05, 3.63) is 5.28 Å². The van der Waals surface area contributed by atoms with Crippen molar-refractivity contribution in [2.45, 2.75) is 32.2 Å². The van der Waals surface area contributed by atoms with Crippen molar-refractivity contribution < 1.29 is 4.74 Å². The number of hydrogen-bond acceptors (Lipinski definition) is 6. The fourth-order valence-corrected chi connectivity index (χ4v) is 2.74. The summed E-state index contributed by atoms with van der Waals surface area (Å²) in [5.41, 5.74) is 0. The minimum Gasteiger partial charge on any atom is -0.378 e. The molecule has 0 amide bonds. The fourth-order valence-electron chi connectivity index (χ4n) is 2.59. The van der Waals surface area contributed by atoms with E-state index in [0.717, 1.165) is 19.0 Å². The van der Waals surface area contributed by atoms with Gasteiger partial charge in [-0.15, -0.1) is 0 Å². The van der Waals surface area contributed by atoms with E-state index in [2.05, 4.69) is 32.1 Å². The first-order valence-corrected chi connectivity index (χ1v) is 7.65. The smallest absolute Gasteiger partial charge is 0.231 e. The summed E-state index contributed by atoms with van der Waals surface area (Å²) in [7, 11) is 0. The predicted octanol–water partition coefficient (Wildman–Crippen LogP) is 1.96. The van der Waals surface area contributed by atoms with E-state index in [4.69, 9.17) is 16.3 Å². The molecule has 0 spiro atoms. The van der Waals surface area contributed by atoms with Gasteiger partial charge in [0.05, 0.1) is 13.2 Å². The molecule has 1 saturated heterocycles. The monoisotopic (exact) mass is 297 g/mol. The van der Waals surface area contributed by atoms with Crippen LogP contribution in [-0.2, 0) is 4.74 Å². The second-order valence-corrected chi connectivity index (χ2v) is 5.70. The fraction of sp³-hybridized carbons (Fsp3) is 0.769. The van der Waals surface area contributed by atoms with Crippen LogP contribution in [0.2, 0.25) is 5.28 Å². The van der Waals surface area contributed by atoms with Gasteiger partial charge in [-0.1, -0.05) is 13.3 Å². The second kappa shape index (κ2) is 6.10. The van der Waals surface area contributed by atoms with Gasteiger partial charge in [-0.3, -0.25) is 0 Å². The summed E-state index contributed by atoms with van der Waals surface area (Å²) in [4.78, 5) is 15.0. The summed E-state index contributed by atoms with van der Waals surface area (Å²) in [6.07, 6.45) is 3.68. The number of nitrogens with zero attached hydrogens (tertiary/aromatic N) is 4. The quantitative estimate of drug-likeness (QED) is 0.896. The van der Waals surface area contributed by atoms with Crippen LogP contribution in [0.3, 0.4) is 0 Å². The third-order valence-corrected chi connectivity index (χ3v) is 3.96. The molecule has 110 valence electrons. The van der Waals surface area contributed by atoms with Crippen molar-refractivity contribution >= 4 is 23.5 Å². The zero-order valence-corrected chi connectivity index (χ0v) is 12.4. The number of anilines is 2. The maximum absolute atomic E-state index is 6.01. The van der Waals surface area contributed by atoms with Gasteiger partial charge >= 0.3 is 0 Å². The van der Waals surface area contributed by atoms with E-state index in [1.165, 1.54) is 19.3 Å². The minimum atomic E-state index is 0.247. The summed E-state index contributed by atoms with van der Waals surface area (Å²) >= 11 is 6.01. The third-order valence-electron chi connectivity index (χ3n) is 3.79. The highest BCUT2D eigenvalue weighted by Gasteiger charge is 2.36. The van der Waals surface area contributed by atoms with Crippen molar-refractivity contribution in [3.63, 3.8) is 0 Å². The Bertz CT molecular complexity index is 466. The molecule has 1 aromatic heterocycles. The molecule has 1 aliphatic heterocycles. The lowest BCUT2D eigenvalue weighted by molar-refractivity contribution is 0.122. The van der Waals surface area contributed by atoms with Gasteiger partial charge < -0.3 is 15.0 Å².